The second-order valence-corrected chi connectivity index (χ2v) is 4.53. The molecule has 94 valence electrons. The Bertz CT molecular complexity index is 247. The summed E-state index contributed by atoms with van der Waals surface area (Å²) >= 11 is 0. The molecule has 2 N–H and O–H groups in total. The van der Waals surface area contributed by atoms with Crippen molar-refractivity contribution in [3.05, 3.63) is 0 Å². The molecule has 0 aromatic carbocycles. The van der Waals surface area contributed by atoms with Crippen LogP contribution in [-0.4, -0.2) is 30.7 Å². The van der Waals surface area contributed by atoms with E-state index >= 15 is 0 Å². The highest BCUT2D eigenvalue weighted by Gasteiger charge is 2.30. The molecule has 0 saturated heterocycles. The molecule has 0 spiro atoms. The Morgan fingerprint density at radius 2 is 1.88 bits per heavy atom. The van der Waals surface area contributed by atoms with Crippen LogP contribution in [0.1, 0.15) is 32.6 Å². The zero-order chi connectivity index (χ0) is 12.2. The van der Waals surface area contributed by atoms with Gasteiger partial charge in [-0.3, -0.25) is 4.79 Å². The zero-order valence-corrected chi connectivity index (χ0v) is 9.28. The van der Waals surface area contributed by atoms with Gasteiger partial charge in [0.05, 0.1) is 13.1 Å². The van der Waals surface area contributed by atoms with E-state index in [4.69, 9.17) is 0 Å². The smallest absolute Gasteiger partial charge is 0.350 e. The van der Waals surface area contributed by atoms with Crippen LogP contribution in [-0.2, 0) is 4.79 Å². The minimum absolute atomic E-state index is 0.225. The predicted octanol–water partition coefficient (Wildman–Crippen LogP) is 1.59. The molecule has 1 aliphatic rings. The van der Waals surface area contributed by atoms with Crippen LogP contribution < -0.4 is 10.6 Å². The van der Waals surface area contributed by atoms with E-state index in [1.54, 1.807) is 0 Å². The van der Waals surface area contributed by atoms with Gasteiger partial charge in [-0.05, 0) is 19.8 Å². The molecule has 1 fully saturated rings. The molecule has 0 unspecified atom stereocenters. The lowest BCUT2D eigenvalue weighted by Crippen LogP contribution is -2.48. The second kappa shape index (κ2) is 5.03. The fourth-order valence-electron chi connectivity index (χ4n) is 1.98. The van der Waals surface area contributed by atoms with Crippen LogP contribution in [0.2, 0.25) is 0 Å². The summed E-state index contributed by atoms with van der Waals surface area (Å²) in [5.41, 5.74) is -0.225. The fraction of sp³-hybridized carbons (Fsp3) is 0.900. The molecule has 0 aromatic heterocycles. The molecular weight excluding hydrogens is 221 g/mol. The molecule has 1 amide bonds. The predicted molar refractivity (Wildman–Crippen MR) is 53.9 cm³/mol. The number of alkyl halides is 3. The van der Waals surface area contributed by atoms with Crippen molar-refractivity contribution < 1.29 is 18.0 Å². The Morgan fingerprint density at radius 3 is 2.38 bits per heavy atom. The van der Waals surface area contributed by atoms with E-state index in [0.29, 0.717) is 0 Å². The van der Waals surface area contributed by atoms with Crippen LogP contribution in [0.25, 0.3) is 0 Å². The van der Waals surface area contributed by atoms with Gasteiger partial charge >= 0.3 is 6.18 Å². The minimum Gasteiger partial charge on any atom is -0.350 e. The number of hydrogen-bond acceptors (Lipinski definition) is 2. The SMILES string of the molecule is CC1(NC(=O)CNCC(F)(F)F)CCCC1. The summed E-state index contributed by atoms with van der Waals surface area (Å²) in [6, 6.07) is 0. The van der Waals surface area contributed by atoms with Crippen LogP contribution in [0.3, 0.4) is 0 Å². The van der Waals surface area contributed by atoms with Crippen molar-refractivity contribution in [3.63, 3.8) is 0 Å². The number of amides is 1. The van der Waals surface area contributed by atoms with Crippen LogP contribution in [0.15, 0.2) is 0 Å². The average Bonchev–Trinajstić information content (AvgIpc) is 2.49. The largest absolute Gasteiger partial charge is 0.401 e. The summed E-state index contributed by atoms with van der Waals surface area (Å²) < 4.78 is 35.4. The highest BCUT2D eigenvalue weighted by Crippen LogP contribution is 2.28. The Morgan fingerprint density at radius 1 is 1.31 bits per heavy atom. The number of rotatable bonds is 4. The van der Waals surface area contributed by atoms with Gasteiger partial charge in [-0.25, -0.2) is 0 Å². The molecular formula is C10H17F3N2O. The maximum Gasteiger partial charge on any atom is 0.401 e. The van der Waals surface area contributed by atoms with E-state index in [9.17, 15) is 18.0 Å². The van der Waals surface area contributed by atoms with E-state index in [2.05, 4.69) is 10.6 Å². The normalized spacial score (nSPS) is 19.8. The summed E-state index contributed by atoms with van der Waals surface area (Å²) in [5, 5.41) is 4.85. The van der Waals surface area contributed by atoms with Gasteiger partial charge in [-0.15, -0.1) is 0 Å². The number of nitrogens with one attached hydrogen (secondary N) is 2. The molecule has 1 aliphatic carbocycles. The van der Waals surface area contributed by atoms with Crippen molar-refractivity contribution in [2.75, 3.05) is 13.1 Å². The minimum atomic E-state index is -4.27. The van der Waals surface area contributed by atoms with Gasteiger partial charge in [0, 0.05) is 5.54 Å². The summed E-state index contributed by atoms with van der Waals surface area (Å²) in [5.74, 6) is -0.367. The van der Waals surface area contributed by atoms with Crippen molar-refractivity contribution in [3.8, 4) is 0 Å². The first-order valence-electron chi connectivity index (χ1n) is 5.39. The van der Waals surface area contributed by atoms with Crippen molar-refractivity contribution in [2.45, 2.75) is 44.3 Å². The molecule has 0 bridgehead atoms. The lowest BCUT2D eigenvalue weighted by Gasteiger charge is -2.25. The first-order valence-corrected chi connectivity index (χ1v) is 5.39. The van der Waals surface area contributed by atoms with Crippen LogP contribution in [0.5, 0.6) is 0 Å². The van der Waals surface area contributed by atoms with E-state index in [0.717, 1.165) is 25.7 Å². The van der Waals surface area contributed by atoms with E-state index < -0.39 is 12.7 Å². The van der Waals surface area contributed by atoms with Crippen molar-refractivity contribution >= 4 is 5.91 Å². The third kappa shape index (κ3) is 4.83. The summed E-state index contributed by atoms with van der Waals surface area (Å²) in [6.45, 7) is 0.522. The lowest BCUT2D eigenvalue weighted by atomic mass is 10.0. The highest BCUT2D eigenvalue weighted by molar-refractivity contribution is 5.78. The zero-order valence-electron chi connectivity index (χ0n) is 9.28. The fourth-order valence-corrected chi connectivity index (χ4v) is 1.98. The lowest BCUT2D eigenvalue weighted by molar-refractivity contribution is -0.129. The van der Waals surface area contributed by atoms with E-state index in [-0.39, 0.29) is 18.0 Å². The molecule has 0 heterocycles. The molecule has 0 aliphatic heterocycles. The van der Waals surface area contributed by atoms with Gasteiger partial charge in [0.15, 0.2) is 0 Å². The van der Waals surface area contributed by atoms with E-state index in [1.807, 2.05) is 6.92 Å². The van der Waals surface area contributed by atoms with E-state index in [1.165, 1.54) is 0 Å². The summed E-state index contributed by atoms with van der Waals surface area (Å²) in [7, 11) is 0. The molecule has 0 aromatic rings. The van der Waals surface area contributed by atoms with Crippen LogP contribution >= 0.6 is 0 Å². The first kappa shape index (κ1) is 13.3. The van der Waals surface area contributed by atoms with Gasteiger partial charge in [0.25, 0.3) is 0 Å². The van der Waals surface area contributed by atoms with Gasteiger partial charge in [-0.1, -0.05) is 12.8 Å². The van der Waals surface area contributed by atoms with Crippen molar-refractivity contribution in [1.29, 1.82) is 0 Å². The monoisotopic (exact) mass is 238 g/mol. The van der Waals surface area contributed by atoms with Crippen molar-refractivity contribution in [2.24, 2.45) is 0 Å². The average molecular weight is 238 g/mol. The van der Waals surface area contributed by atoms with Gasteiger partial charge in [0.1, 0.15) is 0 Å². The Hall–Kier alpha value is -0.780. The first-order chi connectivity index (χ1) is 7.31. The molecule has 1 saturated carbocycles. The summed E-state index contributed by atoms with van der Waals surface area (Å²) in [4.78, 5) is 11.3. The Kier molecular flexibility index (Phi) is 4.18. The number of hydrogen-bond donors (Lipinski definition) is 2. The quantitative estimate of drug-likeness (QED) is 0.781. The number of carbonyl (C=O) groups excluding carboxylic acids is 1. The number of carbonyl (C=O) groups is 1. The molecule has 3 nitrogen and oxygen atoms in total. The van der Waals surface area contributed by atoms with Crippen molar-refractivity contribution in [1.82, 2.24) is 10.6 Å². The molecule has 16 heavy (non-hydrogen) atoms. The van der Waals surface area contributed by atoms with Crippen LogP contribution in [0, 0.1) is 0 Å². The number of halogens is 3. The van der Waals surface area contributed by atoms with Gasteiger partial charge in [-0.2, -0.15) is 13.2 Å². The van der Waals surface area contributed by atoms with Crippen LogP contribution in [0.4, 0.5) is 13.2 Å². The standard InChI is InChI=1S/C10H17F3N2O/c1-9(4-2-3-5-9)15-8(16)6-14-7-10(11,12)13/h14H,2-7H2,1H3,(H,15,16). The third-order valence-electron chi connectivity index (χ3n) is 2.76. The maximum atomic E-state index is 11.8. The van der Waals surface area contributed by atoms with Gasteiger partial charge in [0.2, 0.25) is 5.91 Å². The second-order valence-electron chi connectivity index (χ2n) is 4.53. The highest BCUT2D eigenvalue weighted by atomic mass is 19.4. The topological polar surface area (TPSA) is 41.1 Å². The third-order valence-corrected chi connectivity index (χ3v) is 2.76. The summed E-state index contributed by atoms with van der Waals surface area (Å²) in [6.07, 6.45) is -0.340. The Balaban J connectivity index is 2.21. The van der Waals surface area contributed by atoms with Gasteiger partial charge < -0.3 is 10.6 Å². The molecule has 0 atom stereocenters. The molecule has 1 rings (SSSR count). The molecule has 6 heteroatoms. The Labute approximate surface area is 92.8 Å². The maximum absolute atomic E-state index is 11.8. The molecule has 0 radical (unpaired) electrons.